The Morgan fingerprint density at radius 2 is 2.31 bits per heavy atom. The maximum Gasteiger partial charge on any atom is 0.250 e. The van der Waals surface area contributed by atoms with E-state index in [4.69, 9.17) is 9.26 Å². The summed E-state index contributed by atoms with van der Waals surface area (Å²) in [4.78, 5) is 4.14. The van der Waals surface area contributed by atoms with Crippen molar-refractivity contribution in [3.8, 4) is 17.1 Å². The van der Waals surface area contributed by atoms with Crippen molar-refractivity contribution in [2.75, 3.05) is 7.11 Å². The Labute approximate surface area is 101 Å². The third-order valence-electron chi connectivity index (χ3n) is 2.03. The molecule has 0 amide bonds. The fraction of sp³-hybridized carbons (Fsp3) is 0.0909. The zero-order chi connectivity index (χ0) is 11.5. The third-order valence-corrected chi connectivity index (χ3v) is 2.65. The first-order valence-electron chi connectivity index (χ1n) is 4.54. The maximum atomic E-state index is 5.13. The number of methoxy groups -OCH3 is 1. The van der Waals surface area contributed by atoms with Crippen molar-refractivity contribution in [3.05, 3.63) is 35.1 Å². The van der Waals surface area contributed by atoms with Gasteiger partial charge in [0.15, 0.2) is 0 Å². The van der Waals surface area contributed by atoms with Gasteiger partial charge in [-0.2, -0.15) is 4.98 Å². The van der Waals surface area contributed by atoms with Gasteiger partial charge in [-0.05, 0) is 40.2 Å². The highest BCUT2D eigenvalue weighted by Crippen LogP contribution is 2.29. The summed E-state index contributed by atoms with van der Waals surface area (Å²) in [5, 5.41) is 3.83. The Hall–Kier alpha value is -1.62. The number of rotatable bonds is 3. The molecule has 0 radical (unpaired) electrons. The van der Waals surface area contributed by atoms with Gasteiger partial charge in [0.05, 0.1) is 11.6 Å². The Morgan fingerprint density at radius 1 is 1.50 bits per heavy atom. The molecule has 2 rings (SSSR count). The molecule has 0 spiro atoms. The number of aromatic nitrogens is 2. The SMILES string of the molecule is C=Cc1nc(-c2ccc(OC)c(Br)c2)no1. The predicted molar refractivity (Wildman–Crippen MR) is 64.1 cm³/mol. The summed E-state index contributed by atoms with van der Waals surface area (Å²) >= 11 is 3.40. The van der Waals surface area contributed by atoms with E-state index >= 15 is 0 Å². The minimum Gasteiger partial charge on any atom is -0.496 e. The highest BCUT2D eigenvalue weighted by Gasteiger charge is 2.08. The van der Waals surface area contributed by atoms with E-state index in [0.29, 0.717) is 11.7 Å². The lowest BCUT2D eigenvalue weighted by Gasteiger charge is -2.03. The molecule has 2 aromatic rings. The van der Waals surface area contributed by atoms with Gasteiger partial charge in [0.2, 0.25) is 11.7 Å². The Morgan fingerprint density at radius 3 is 2.88 bits per heavy atom. The minimum absolute atomic E-state index is 0.405. The summed E-state index contributed by atoms with van der Waals surface area (Å²) in [5.74, 6) is 1.69. The summed E-state index contributed by atoms with van der Waals surface area (Å²) in [6.45, 7) is 3.56. The monoisotopic (exact) mass is 280 g/mol. The van der Waals surface area contributed by atoms with Gasteiger partial charge >= 0.3 is 0 Å². The van der Waals surface area contributed by atoms with Crippen molar-refractivity contribution < 1.29 is 9.26 Å². The van der Waals surface area contributed by atoms with Gasteiger partial charge in [-0.25, -0.2) is 0 Å². The molecular weight excluding hydrogens is 272 g/mol. The van der Waals surface area contributed by atoms with Crippen molar-refractivity contribution in [2.24, 2.45) is 0 Å². The first-order chi connectivity index (χ1) is 7.74. The van der Waals surface area contributed by atoms with Crippen LogP contribution in [0, 0.1) is 0 Å². The fourth-order valence-electron chi connectivity index (χ4n) is 1.24. The molecule has 0 atom stereocenters. The van der Waals surface area contributed by atoms with Crippen molar-refractivity contribution in [2.45, 2.75) is 0 Å². The predicted octanol–water partition coefficient (Wildman–Crippen LogP) is 3.15. The van der Waals surface area contributed by atoms with E-state index in [9.17, 15) is 0 Å². The number of ether oxygens (including phenoxy) is 1. The van der Waals surface area contributed by atoms with Crippen LogP contribution in [-0.4, -0.2) is 17.3 Å². The van der Waals surface area contributed by atoms with Gasteiger partial charge in [-0.3, -0.25) is 0 Å². The first kappa shape index (κ1) is 10.9. The smallest absolute Gasteiger partial charge is 0.250 e. The first-order valence-corrected chi connectivity index (χ1v) is 5.34. The molecule has 0 saturated heterocycles. The average Bonchev–Trinajstić information content (AvgIpc) is 2.77. The van der Waals surface area contributed by atoms with Crippen LogP contribution in [0.4, 0.5) is 0 Å². The maximum absolute atomic E-state index is 5.13. The molecule has 16 heavy (non-hydrogen) atoms. The summed E-state index contributed by atoms with van der Waals surface area (Å²) in [6, 6.07) is 5.57. The Balaban J connectivity index is 2.40. The standard InChI is InChI=1S/C11H9BrN2O2/c1-3-10-13-11(14-16-10)7-4-5-9(15-2)8(12)6-7/h3-6H,1H2,2H3. The normalized spacial score (nSPS) is 10.1. The van der Waals surface area contributed by atoms with E-state index in [1.807, 2.05) is 18.2 Å². The molecule has 0 bridgehead atoms. The lowest BCUT2D eigenvalue weighted by molar-refractivity contribution is 0.410. The van der Waals surface area contributed by atoms with Crippen molar-refractivity contribution in [1.82, 2.24) is 10.1 Å². The molecule has 4 nitrogen and oxygen atoms in total. The van der Waals surface area contributed by atoms with Crippen LogP contribution in [0.3, 0.4) is 0 Å². The number of benzene rings is 1. The van der Waals surface area contributed by atoms with Crippen molar-refractivity contribution >= 4 is 22.0 Å². The molecule has 1 aromatic carbocycles. The van der Waals surface area contributed by atoms with Gasteiger partial charge in [0.25, 0.3) is 0 Å². The lowest BCUT2D eigenvalue weighted by atomic mass is 10.2. The third kappa shape index (κ3) is 1.99. The summed E-state index contributed by atoms with van der Waals surface area (Å²) < 4.78 is 10.9. The highest BCUT2D eigenvalue weighted by atomic mass is 79.9. The second kappa shape index (κ2) is 4.49. The van der Waals surface area contributed by atoms with Crippen LogP contribution in [0.5, 0.6) is 5.75 Å². The lowest BCUT2D eigenvalue weighted by Crippen LogP contribution is -1.86. The van der Waals surface area contributed by atoms with Gasteiger partial charge in [-0.15, -0.1) is 0 Å². The van der Waals surface area contributed by atoms with Crippen LogP contribution in [0.1, 0.15) is 5.89 Å². The van der Waals surface area contributed by atoms with E-state index in [2.05, 4.69) is 32.6 Å². The van der Waals surface area contributed by atoms with Crippen LogP contribution in [0.15, 0.2) is 33.8 Å². The second-order valence-corrected chi connectivity index (χ2v) is 3.86. The van der Waals surface area contributed by atoms with E-state index in [0.717, 1.165) is 15.8 Å². The van der Waals surface area contributed by atoms with Gasteiger partial charge < -0.3 is 9.26 Å². The van der Waals surface area contributed by atoms with Crippen LogP contribution in [0.25, 0.3) is 17.5 Å². The number of halogens is 1. The number of nitrogens with zero attached hydrogens (tertiary/aromatic N) is 2. The van der Waals surface area contributed by atoms with Gasteiger partial charge in [0.1, 0.15) is 5.75 Å². The minimum atomic E-state index is 0.405. The highest BCUT2D eigenvalue weighted by molar-refractivity contribution is 9.10. The quantitative estimate of drug-likeness (QED) is 0.867. The van der Waals surface area contributed by atoms with E-state index in [-0.39, 0.29) is 0 Å². The van der Waals surface area contributed by atoms with Gasteiger partial charge in [-0.1, -0.05) is 11.7 Å². The second-order valence-electron chi connectivity index (χ2n) is 3.01. The Kier molecular flexibility index (Phi) is 3.05. The molecular formula is C11H9BrN2O2. The van der Waals surface area contributed by atoms with Crippen LogP contribution < -0.4 is 4.74 Å². The molecule has 1 aromatic heterocycles. The average molecular weight is 281 g/mol. The molecule has 82 valence electrons. The molecule has 0 saturated carbocycles. The number of hydrogen-bond donors (Lipinski definition) is 0. The van der Waals surface area contributed by atoms with E-state index in [1.54, 1.807) is 7.11 Å². The van der Waals surface area contributed by atoms with Gasteiger partial charge in [0, 0.05) is 5.56 Å². The van der Waals surface area contributed by atoms with Crippen molar-refractivity contribution in [1.29, 1.82) is 0 Å². The molecule has 0 unspecified atom stereocenters. The van der Waals surface area contributed by atoms with E-state index in [1.165, 1.54) is 6.08 Å². The molecule has 5 heteroatoms. The zero-order valence-corrected chi connectivity index (χ0v) is 10.2. The molecule has 0 N–H and O–H groups in total. The van der Waals surface area contributed by atoms with Crippen LogP contribution in [0.2, 0.25) is 0 Å². The molecule has 0 aliphatic heterocycles. The topological polar surface area (TPSA) is 48.2 Å². The summed E-state index contributed by atoms with van der Waals surface area (Å²) in [7, 11) is 1.62. The van der Waals surface area contributed by atoms with Crippen LogP contribution in [-0.2, 0) is 0 Å². The molecule has 0 fully saturated rings. The molecule has 0 aliphatic carbocycles. The zero-order valence-electron chi connectivity index (χ0n) is 8.61. The summed E-state index contributed by atoms with van der Waals surface area (Å²) in [6.07, 6.45) is 1.51. The molecule has 0 aliphatic rings. The van der Waals surface area contributed by atoms with Crippen LogP contribution >= 0.6 is 15.9 Å². The summed E-state index contributed by atoms with van der Waals surface area (Å²) in [5.41, 5.74) is 0.851. The Bertz CT molecular complexity index is 522. The van der Waals surface area contributed by atoms with Crippen molar-refractivity contribution in [3.63, 3.8) is 0 Å². The number of hydrogen-bond acceptors (Lipinski definition) is 4. The van der Waals surface area contributed by atoms with E-state index < -0.39 is 0 Å². The largest absolute Gasteiger partial charge is 0.496 e. The molecule has 1 heterocycles. The fourth-order valence-corrected chi connectivity index (χ4v) is 1.78.